The van der Waals surface area contributed by atoms with Crippen molar-refractivity contribution >= 4 is 52.3 Å². The van der Waals surface area contributed by atoms with Crippen molar-refractivity contribution < 1.29 is 28.7 Å². The van der Waals surface area contributed by atoms with Crippen molar-refractivity contribution in [3.63, 3.8) is 0 Å². The molecule has 0 saturated heterocycles. The van der Waals surface area contributed by atoms with Crippen LogP contribution in [0.4, 0.5) is 0 Å². The van der Waals surface area contributed by atoms with Gasteiger partial charge in [-0.25, -0.2) is 9.78 Å². The summed E-state index contributed by atoms with van der Waals surface area (Å²) in [6.45, 7) is 7.30. The number of nitrogens with zero attached hydrogens (tertiary/aromatic N) is 1. The lowest BCUT2D eigenvalue weighted by atomic mass is 10.0. The lowest BCUT2D eigenvalue weighted by molar-refractivity contribution is -0.153. The lowest BCUT2D eigenvalue weighted by Crippen LogP contribution is -2.48. The van der Waals surface area contributed by atoms with Gasteiger partial charge in [0.15, 0.2) is 5.12 Å². The van der Waals surface area contributed by atoms with Gasteiger partial charge in [-0.1, -0.05) is 63.9 Å². The van der Waals surface area contributed by atoms with Crippen LogP contribution in [-0.2, 0) is 30.5 Å². The second-order valence-electron chi connectivity index (χ2n) is 10.4. The first kappa shape index (κ1) is 36.1. The van der Waals surface area contributed by atoms with Gasteiger partial charge in [-0.05, 0) is 50.1 Å². The number of carbonyl (C=O) groups excluding carboxylic acids is 5. The van der Waals surface area contributed by atoms with Gasteiger partial charge >= 0.3 is 5.97 Å². The monoisotopic (exact) mass is 632 g/mol. The number of aromatic nitrogens is 1. The highest BCUT2D eigenvalue weighted by atomic mass is 32.2. The lowest BCUT2D eigenvalue weighted by Gasteiger charge is -2.24. The van der Waals surface area contributed by atoms with Crippen LogP contribution >= 0.6 is 23.5 Å². The second-order valence-corrected chi connectivity index (χ2v) is 12.4. The molecule has 2 atom stereocenters. The van der Waals surface area contributed by atoms with E-state index in [4.69, 9.17) is 4.74 Å². The van der Waals surface area contributed by atoms with E-state index in [-0.39, 0.29) is 41.3 Å². The molecule has 43 heavy (non-hydrogen) atoms. The van der Waals surface area contributed by atoms with E-state index in [1.54, 1.807) is 45.1 Å². The minimum absolute atomic E-state index is 0.0324. The number of esters is 1. The van der Waals surface area contributed by atoms with Gasteiger partial charge in [0.2, 0.25) is 5.91 Å². The Hall–Kier alpha value is -3.12. The number of nitrogens with one attached hydrogen (secondary N) is 3. The van der Waals surface area contributed by atoms with Crippen LogP contribution in [0.1, 0.15) is 88.8 Å². The molecule has 3 amide bonds. The second kappa shape index (κ2) is 19.2. The number of pyridine rings is 1. The molecule has 1 aromatic heterocycles. The largest absolute Gasteiger partial charge is 0.456 e. The van der Waals surface area contributed by atoms with Gasteiger partial charge in [-0.3, -0.25) is 19.2 Å². The van der Waals surface area contributed by atoms with Gasteiger partial charge < -0.3 is 20.7 Å². The van der Waals surface area contributed by atoms with Crippen LogP contribution in [0.25, 0.3) is 0 Å². The fraction of sp³-hybridized carbons (Fsp3) is 0.548. The zero-order chi connectivity index (χ0) is 31.8. The van der Waals surface area contributed by atoms with E-state index in [0.29, 0.717) is 24.3 Å². The number of thioether (sulfide) groups is 2. The van der Waals surface area contributed by atoms with E-state index < -0.39 is 29.9 Å². The molecule has 12 heteroatoms. The molecule has 2 heterocycles. The molecule has 0 spiro atoms. The third-order valence-corrected chi connectivity index (χ3v) is 8.39. The number of amides is 3. The molecule has 1 aromatic rings. The molecular weight excluding hydrogens is 588 g/mol. The first-order valence-corrected chi connectivity index (χ1v) is 16.9. The SMILES string of the molecule is C/C=C1\NC(=O)c2ccc(SC)c(n2)CNC(=O)C[C@@H](/C=C/CCSC(=O)CCCCCC)OC(=O)[C@H](C(C)C)NC1=O. The topological polar surface area (TPSA) is 144 Å². The fourth-order valence-corrected chi connectivity index (χ4v) is 5.48. The first-order valence-electron chi connectivity index (χ1n) is 14.7. The zero-order valence-corrected chi connectivity index (χ0v) is 27.3. The molecule has 0 radical (unpaired) electrons. The van der Waals surface area contributed by atoms with E-state index in [0.717, 1.165) is 30.6 Å². The maximum absolute atomic E-state index is 13.2. The molecule has 2 rings (SSSR count). The molecular formula is C31H44N4O6S2. The number of carbonyl (C=O) groups is 5. The molecule has 0 aliphatic carbocycles. The van der Waals surface area contributed by atoms with Crippen molar-refractivity contribution in [3.05, 3.63) is 47.4 Å². The highest BCUT2D eigenvalue weighted by molar-refractivity contribution is 8.13. The molecule has 1 aliphatic rings. The number of ether oxygens (including phenoxy) is 1. The minimum atomic E-state index is -1.03. The van der Waals surface area contributed by atoms with Gasteiger partial charge in [-0.2, -0.15) is 0 Å². The maximum Gasteiger partial charge on any atom is 0.329 e. The average Bonchev–Trinajstić information content (AvgIpc) is 2.98. The van der Waals surface area contributed by atoms with Crippen LogP contribution in [0.5, 0.6) is 0 Å². The molecule has 2 bridgehead atoms. The normalized spacial score (nSPS) is 19.7. The van der Waals surface area contributed by atoms with Crippen LogP contribution in [-0.4, -0.2) is 57.9 Å². The Balaban J connectivity index is 2.24. The van der Waals surface area contributed by atoms with Crippen LogP contribution in [0.3, 0.4) is 0 Å². The van der Waals surface area contributed by atoms with Crippen molar-refractivity contribution in [1.82, 2.24) is 20.9 Å². The Morgan fingerprint density at radius 1 is 1.14 bits per heavy atom. The molecule has 236 valence electrons. The summed E-state index contributed by atoms with van der Waals surface area (Å²) < 4.78 is 5.72. The Labute approximate surface area is 263 Å². The molecule has 0 fully saturated rings. The van der Waals surface area contributed by atoms with Crippen molar-refractivity contribution in [1.29, 1.82) is 0 Å². The van der Waals surface area contributed by atoms with Crippen LogP contribution < -0.4 is 16.0 Å². The van der Waals surface area contributed by atoms with Crippen molar-refractivity contribution in [2.45, 2.75) is 96.2 Å². The Morgan fingerprint density at radius 3 is 2.58 bits per heavy atom. The van der Waals surface area contributed by atoms with Crippen LogP contribution in [0.2, 0.25) is 0 Å². The molecule has 10 nitrogen and oxygen atoms in total. The number of rotatable bonds is 11. The van der Waals surface area contributed by atoms with Crippen LogP contribution in [0, 0.1) is 5.92 Å². The van der Waals surface area contributed by atoms with Crippen molar-refractivity contribution in [2.24, 2.45) is 5.92 Å². The Bertz CT molecular complexity index is 1200. The van der Waals surface area contributed by atoms with Crippen LogP contribution in [0.15, 0.2) is 41.0 Å². The summed E-state index contributed by atoms with van der Waals surface area (Å²) in [4.78, 5) is 69.5. The smallest absolute Gasteiger partial charge is 0.329 e. The summed E-state index contributed by atoms with van der Waals surface area (Å²) in [6, 6.07) is 2.26. The number of cyclic esters (lactones) is 1. The average molecular weight is 633 g/mol. The molecule has 3 N–H and O–H groups in total. The van der Waals surface area contributed by atoms with Gasteiger partial charge in [-0.15, -0.1) is 11.8 Å². The first-order chi connectivity index (χ1) is 20.6. The van der Waals surface area contributed by atoms with Gasteiger partial charge in [0.25, 0.3) is 11.8 Å². The molecule has 0 saturated carbocycles. The van der Waals surface area contributed by atoms with E-state index in [9.17, 15) is 24.0 Å². The third kappa shape index (κ3) is 12.6. The summed E-state index contributed by atoms with van der Waals surface area (Å²) in [5, 5.41) is 8.19. The Kier molecular flexibility index (Phi) is 16.1. The maximum atomic E-state index is 13.2. The predicted octanol–water partition coefficient (Wildman–Crippen LogP) is 4.69. The highest BCUT2D eigenvalue weighted by Gasteiger charge is 2.30. The summed E-state index contributed by atoms with van der Waals surface area (Å²) >= 11 is 2.70. The van der Waals surface area contributed by atoms with Crippen molar-refractivity contribution in [2.75, 3.05) is 12.0 Å². The van der Waals surface area contributed by atoms with Gasteiger partial charge in [0, 0.05) is 17.1 Å². The van der Waals surface area contributed by atoms with Gasteiger partial charge in [0.05, 0.1) is 18.7 Å². The van der Waals surface area contributed by atoms with Crippen molar-refractivity contribution in [3.8, 4) is 0 Å². The summed E-state index contributed by atoms with van der Waals surface area (Å²) in [6.07, 6.45) is 11.0. The predicted molar refractivity (Wildman–Crippen MR) is 170 cm³/mol. The molecule has 0 unspecified atom stereocenters. The summed E-state index contributed by atoms with van der Waals surface area (Å²) in [7, 11) is 0. The number of unbranched alkanes of at least 4 members (excludes halogenated alkanes) is 3. The third-order valence-electron chi connectivity index (χ3n) is 6.61. The van der Waals surface area contributed by atoms with E-state index in [2.05, 4.69) is 27.9 Å². The molecule has 0 aromatic carbocycles. The van der Waals surface area contributed by atoms with E-state index in [1.165, 1.54) is 29.6 Å². The standard InChI is InChI=1S/C31H44N4O6S2/c1-6-8-9-10-14-27(37)43-17-12-11-13-21-18-26(36)32-19-24-25(42-5)16-15-23(33-24)30(39)34-22(7-2)29(38)35-28(20(3)4)31(40)41-21/h7,11,13,15-16,20-21,28H,6,8-10,12,14,17-19H2,1-5H3,(H,32,36)(H,34,39)(H,35,38)/b13-11+,22-7-/t21-,28+/m1/s1. The minimum Gasteiger partial charge on any atom is -0.456 e. The number of allylic oxidation sites excluding steroid dienone is 2. The number of hydrogen-bond donors (Lipinski definition) is 3. The number of hydrogen-bond acceptors (Lipinski definition) is 9. The summed E-state index contributed by atoms with van der Waals surface area (Å²) in [5.74, 6) is -2.09. The zero-order valence-electron chi connectivity index (χ0n) is 25.7. The van der Waals surface area contributed by atoms with Gasteiger partial charge in [0.1, 0.15) is 23.5 Å². The highest BCUT2D eigenvalue weighted by Crippen LogP contribution is 2.20. The van der Waals surface area contributed by atoms with E-state index >= 15 is 0 Å². The quantitative estimate of drug-likeness (QED) is 0.104. The van der Waals surface area contributed by atoms with E-state index in [1.807, 2.05) is 6.26 Å². The molecule has 1 aliphatic heterocycles. The number of fused-ring (bicyclic) bond motifs is 2. The Morgan fingerprint density at radius 2 is 1.91 bits per heavy atom. The summed E-state index contributed by atoms with van der Waals surface area (Å²) in [5.41, 5.74) is 0.543. The fourth-order valence-electron chi connectivity index (χ4n) is 4.16.